The number of rotatable bonds is 7. The highest BCUT2D eigenvalue weighted by atomic mass is 15.3. The number of hydrogen-bond acceptors (Lipinski definition) is 3. The lowest BCUT2D eigenvalue weighted by Crippen LogP contribution is -2.42. The number of aryl methyl sites for hydroxylation is 2. The molecule has 0 aliphatic rings. The van der Waals surface area contributed by atoms with Crippen LogP contribution in [0.15, 0.2) is 41.7 Å². The highest BCUT2D eigenvalue weighted by molar-refractivity contribution is 5.79. The zero-order chi connectivity index (χ0) is 19.1. The molecule has 142 valence electrons. The molecule has 1 heterocycles. The molecule has 0 fully saturated rings. The van der Waals surface area contributed by atoms with Crippen LogP contribution >= 0.6 is 0 Å². The summed E-state index contributed by atoms with van der Waals surface area (Å²) in [5.41, 5.74) is 3.81. The molecule has 0 aliphatic heterocycles. The van der Waals surface area contributed by atoms with Crippen LogP contribution in [-0.4, -0.2) is 54.9 Å². The average Bonchev–Trinajstić information content (AvgIpc) is 3.04. The summed E-state index contributed by atoms with van der Waals surface area (Å²) in [6.45, 7) is 5.94. The molecule has 2 aromatic rings. The van der Waals surface area contributed by atoms with Crippen molar-refractivity contribution in [2.75, 3.05) is 34.2 Å². The lowest BCUT2D eigenvalue weighted by molar-refractivity contribution is 0.298. The van der Waals surface area contributed by atoms with Crippen LogP contribution in [0.2, 0.25) is 0 Å². The van der Waals surface area contributed by atoms with Crippen molar-refractivity contribution >= 4 is 5.96 Å². The van der Waals surface area contributed by atoms with Crippen molar-refractivity contribution in [1.29, 1.82) is 0 Å². The normalized spacial score (nSPS) is 14.3. The lowest BCUT2D eigenvalue weighted by atomic mass is 10.0. The third kappa shape index (κ3) is 5.59. The molecule has 0 saturated carbocycles. The minimum atomic E-state index is 0.233. The Labute approximate surface area is 157 Å². The molecule has 0 saturated heterocycles. The Hall–Kier alpha value is -2.34. The molecular formula is C20H32N6. The van der Waals surface area contributed by atoms with Crippen LogP contribution in [0, 0.1) is 6.92 Å². The van der Waals surface area contributed by atoms with Gasteiger partial charge in [0.1, 0.15) is 0 Å². The van der Waals surface area contributed by atoms with Crippen LogP contribution in [0.1, 0.15) is 35.6 Å². The molecule has 0 aliphatic carbocycles. The van der Waals surface area contributed by atoms with Crippen LogP contribution in [-0.2, 0) is 7.05 Å². The Morgan fingerprint density at radius 2 is 1.81 bits per heavy atom. The smallest absolute Gasteiger partial charge is 0.191 e. The van der Waals surface area contributed by atoms with Gasteiger partial charge in [0.25, 0.3) is 0 Å². The molecule has 1 aromatic heterocycles. The van der Waals surface area contributed by atoms with Crippen molar-refractivity contribution in [1.82, 2.24) is 25.3 Å². The van der Waals surface area contributed by atoms with Crippen LogP contribution in [0.4, 0.5) is 0 Å². The number of nitrogens with one attached hydrogen (secondary N) is 2. The van der Waals surface area contributed by atoms with E-state index in [0.29, 0.717) is 5.92 Å². The minimum absolute atomic E-state index is 0.233. The van der Waals surface area contributed by atoms with Gasteiger partial charge in [0.2, 0.25) is 0 Å². The number of likely N-dealkylation sites (N-methyl/N-ethyl adjacent to an activating group) is 1. The second-order valence-electron chi connectivity index (χ2n) is 7.07. The van der Waals surface area contributed by atoms with Gasteiger partial charge < -0.3 is 15.5 Å². The summed E-state index contributed by atoms with van der Waals surface area (Å²) in [6.07, 6.45) is 3.98. The molecule has 6 nitrogen and oxygen atoms in total. The quantitative estimate of drug-likeness (QED) is 0.590. The fourth-order valence-electron chi connectivity index (χ4n) is 2.89. The maximum atomic E-state index is 4.35. The van der Waals surface area contributed by atoms with Crippen molar-refractivity contribution in [2.24, 2.45) is 12.0 Å². The van der Waals surface area contributed by atoms with Gasteiger partial charge in [-0.05, 0) is 32.5 Å². The second kappa shape index (κ2) is 9.38. The highest BCUT2D eigenvalue weighted by Gasteiger charge is 2.16. The molecule has 0 radical (unpaired) electrons. The standard InChI is InChI=1S/C20H32N6/c1-15-7-9-17(10-8-15)16(2)11-22-20(21-3)23-13-19(25(4)5)18-12-24-26(6)14-18/h7-10,12,14,16,19H,11,13H2,1-6H3,(H2,21,22,23). The Balaban J connectivity index is 1.89. The van der Waals surface area contributed by atoms with Gasteiger partial charge in [-0.2, -0.15) is 5.10 Å². The first-order chi connectivity index (χ1) is 12.4. The summed E-state index contributed by atoms with van der Waals surface area (Å²) >= 11 is 0. The molecule has 0 spiro atoms. The van der Waals surface area contributed by atoms with Crippen LogP contribution < -0.4 is 10.6 Å². The van der Waals surface area contributed by atoms with E-state index in [1.165, 1.54) is 16.7 Å². The van der Waals surface area contributed by atoms with E-state index in [4.69, 9.17) is 0 Å². The Morgan fingerprint density at radius 1 is 1.15 bits per heavy atom. The van der Waals surface area contributed by atoms with Gasteiger partial charge in [-0.15, -0.1) is 0 Å². The Morgan fingerprint density at radius 3 is 2.35 bits per heavy atom. The SMILES string of the molecule is CN=C(NCC(C)c1ccc(C)cc1)NCC(c1cnn(C)c1)N(C)C. The van der Waals surface area contributed by atoms with E-state index in [0.717, 1.165) is 19.0 Å². The molecule has 26 heavy (non-hydrogen) atoms. The summed E-state index contributed by atoms with van der Waals surface area (Å²) < 4.78 is 1.84. The number of aliphatic imine (C=N–C) groups is 1. The summed E-state index contributed by atoms with van der Waals surface area (Å²) in [5, 5.41) is 11.2. The molecule has 0 bridgehead atoms. The topological polar surface area (TPSA) is 57.5 Å². The van der Waals surface area contributed by atoms with Crippen LogP contribution in [0.5, 0.6) is 0 Å². The summed E-state index contributed by atoms with van der Waals surface area (Å²) in [5.74, 6) is 1.23. The van der Waals surface area contributed by atoms with E-state index in [2.05, 4.69) is 84.0 Å². The van der Waals surface area contributed by atoms with Gasteiger partial charge in [-0.1, -0.05) is 36.8 Å². The van der Waals surface area contributed by atoms with E-state index in [1.54, 1.807) is 7.05 Å². The van der Waals surface area contributed by atoms with E-state index in [9.17, 15) is 0 Å². The van der Waals surface area contributed by atoms with Gasteiger partial charge in [0.05, 0.1) is 12.2 Å². The van der Waals surface area contributed by atoms with Gasteiger partial charge in [-0.3, -0.25) is 9.67 Å². The summed E-state index contributed by atoms with van der Waals surface area (Å²) in [4.78, 5) is 6.54. The first-order valence-corrected chi connectivity index (χ1v) is 9.06. The van der Waals surface area contributed by atoms with Crippen molar-refractivity contribution in [3.8, 4) is 0 Å². The van der Waals surface area contributed by atoms with Crippen molar-refractivity contribution < 1.29 is 0 Å². The zero-order valence-electron chi connectivity index (χ0n) is 16.8. The average molecular weight is 357 g/mol. The number of benzene rings is 1. The fourth-order valence-corrected chi connectivity index (χ4v) is 2.89. The number of aromatic nitrogens is 2. The lowest BCUT2D eigenvalue weighted by Gasteiger charge is -2.25. The predicted molar refractivity (Wildman–Crippen MR) is 109 cm³/mol. The summed E-state index contributed by atoms with van der Waals surface area (Å²) in [6, 6.07) is 8.95. The maximum absolute atomic E-state index is 4.35. The molecule has 2 atom stereocenters. The highest BCUT2D eigenvalue weighted by Crippen LogP contribution is 2.16. The van der Waals surface area contributed by atoms with E-state index >= 15 is 0 Å². The second-order valence-corrected chi connectivity index (χ2v) is 7.07. The number of guanidine groups is 1. The van der Waals surface area contributed by atoms with Gasteiger partial charge in [0.15, 0.2) is 5.96 Å². The zero-order valence-corrected chi connectivity index (χ0v) is 16.8. The molecule has 1 aromatic carbocycles. The van der Waals surface area contributed by atoms with Gasteiger partial charge >= 0.3 is 0 Å². The van der Waals surface area contributed by atoms with Gasteiger partial charge in [0, 0.05) is 38.9 Å². The Kier molecular flexibility index (Phi) is 7.21. The van der Waals surface area contributed by atoms with Crippen LogP contribution in [0.25, 0.3) is 0 Å². The third-order valence-electron chi connectivity index (χ3n) is 4.64. The minimum Gasteiger partial charge on any atom is -0.356 e. The largest absolute Gasteiger partial charge is 0.356 e. The molecule has 2 unspecified atom stereocenters. The first kappa shape index (κ1) is 20.0. The van der Waals surface area contributed by atoms with E-state index in [1.807, 2.05) is 17.9 Å². The maximum Gasteiger partial charge on any atom is 0.191 e. The fraction of sp³-hybridized carbons (Fsp3) is 0.500. The molecule has 2 rings (SSSR count). The first-order valence-electron chi connectivity index (χ1n) is 9.06. The van der Waals surface area contributed by atoms with E-state index < -0.39 is 0 Å². The predicted octanol–water partition coefficient (Wildman–Crippen LogP) is 2.30. The van der Waals surface area contributed by atoms with Crippen molar-refractivity contribution in [3.05, 3.63) is 53.3 Å². The van der Waals surface area contributed by atoms with Gasteiger partial charge in [-0.25, -0.2) is 0 Å². The van der Waals surface area contributed by atoms with Crippen LogP contribution in [0.3, 0.4) is 0 Å². The van der Waals surface area contributed by atoms with Crippen molar-refractivity contribution in [2.45, 2.75) is 25.8 Å². The monoisotopic (exact) mass is 356 g/mol. The van der Waals surface area contributed by atoms with Crippen molar-refractivity contribution in [3.63, 3.8) is 0 Å². The number of hydrogen-bond donors (Lipinski definition) is 2. The molecule has 2 N–H and O–H groups in total. The van der Waals surface area contributed by atoms with E-state index in [-0.39, 0.29) is 6.04 Å². The molecule has 0 amide bonds. The number of nitrogens with zero attached hydrogens (tertiary/aromatic N) is 4. The third-order valence-corrected chi connectivity index (χ3v) is 4.64. The molecular weight excluding hydrogens is 324 g/mol. The molecule has 6 heteroatoms. The Bertz CT molecular complexity index is 701. The summed E-state index contributed by atoms with van der Waals surface area (Å²) in [7, 11) is 7.90.